The third kappa shape index (κ3) is 3.33. The second kappa shape index (κ2) is 6.91. The van der Waals surface area contributed by atoms with E-state index >= 15 is 0 Å². The molecule has 5 nitrogen and oxygen atoms in total. The summed E-state index contributed by atoms with van der Waals surface area (Å²) < 4.78 is 7.81. The van der Waals surface area contributed by atoms with Gasteiger partial charge in [-0.3, -0.25) is 9.48 Å². The molecule has 0 saturated carbocycles. The van der Waals surface area contributed by atoms with Crippen LogP contribution in [0.5, 0.6) is 5.75 Å². The molecular weight excluding hydrogens is 338 g/mol. The second-order valence-electron chi connectivity index (χ2n) is 7.09. The van der Waals surface area contributed by atoms with Crippen LogP contribution >= 0.6 is 0 Å². The number of ether oxygens (including phenoxy) is 1. The van der Waals surface area contributed by atoms with Crippen molar-refractivity contribution >= 4 is 5.91 Å². The van der Waals surface area contributed by atoms with Crippen molar-refractivity contribution in [3.8, 4) is 16.9 Å². The molecule has 0 unspecified atom stereocenters. The Kier molecular flexibility index (Phi) is 4.44. The van der Waals surface area contributed by atoms with Gasteiger partial charge in [0.1, 0.15) is 11.9 Å². The molecule has 1 aromatic heterocycles. The largest absolute Gasteiger partial charge is 0.488 e. The van der Waals surface area contributed by atoms with Gasteiger partial charge >= 0.3 is 0 Å². The van der Waals surface area contributed by atoms with Crippen LogP contribution in [-0.4, -0.2) is 40.3 Å². The van der Waals surface area contributed by atoms with Gasteiger partial charge in [-0.25, -0.2) is 0 Å². The van der Waals surface area contributed by atoms with Crippen LogP contribution in [0, 0.1) is 6.92 Å². The lowest BCUT2D eigenvalue weighted by Crippen LogP contribution is -2.36. The molecule has 138 valence electrons. The molecule has 1 amide bonds. The minimum Gasteiger partial charge on any atom is -0.488 e. The molecule has 0 bridgehead atoms. The Morgan fingerprint density at radius 2 is 2.07 bits per heavy atom. The zero-order valence-corrected chi connectivity index (χ0v) is 15.8. The minimum absolute atomic E-state index is 0.0000930. The van der Waals surface area contributed by atoms with E-state index in [2.05, 4.69) is 11.2 Å². The fourth-order valence-electron chi connectivity index (χ4n) is 3.57. The number of fused-ring (bicyclic) bond motifs is 1. The molecule has 5 heteroatoms. The van der Waals surface area contributed by atoms with Crippen molar-refractivity contribution in [2.75, 3.05) is 13.6 Å². The number of rotatable bonds is 4. The maximum Gasteiger partial charge on any atom is 0.253 e. The highest BCUT2D eigenvalue weighted by molar-refractivity contribution is 5.95. The van der Waals surface area contributed by atoms with E-state index < -0.39 is 0 Å². The average Bonchev–Trinajstić information content (AvgIpc) is 3.24. The maximum absolute atomic E-state index is 12.9. The lowest BCUT2D eigenvalue weighted by atomic mass is 10.0. The van der Waals surface area contributed by atoms with Crippen LogP contribution in [0.3, 0.4) is 0 Å². The zero-order chi connectivity index (χ0) is 19.0. The third-order valence-electron chi connectivity index (χ3n) is 5.19. The van der Waals surface area contributed by atoms with Gasteiger partial charge in [-0.15, -0.1) is 0 Å². The number of likely N-dealkylation sites (N-methyl/N-ethyl adjacent to an activating group) is 1. The number of carbonyl (C=O) groups is 1. The van der Waals surface area contributed by atoms with Crippen LogP contribution in [0.15, 0.2) is 54.7 Å². The number of hydrogen-bond donors (Lipinski definition) is 0. The molecule has 1 atom stereocenters. The highest BCUT2D eigenvalue weighted by atomic mass is 16.5. The summed E-state index contributed by atoms with van der Waals surface area (Å²) in [4.78, 5) is 14.7. The predicted octanol–water partition coefficient (Wildman–Crippen LogP) is 3.47. The van der Waals surface area contributed by atoms with Crippen LogP contribution in [-0.2, 0) is 13.5 Å². The van der Waals surface area contributed by atoms with Crippen LogP contribution in [0.2, 0.25) is 0 Å². The van der Waals surface area contributed by atoms with Gasteiger partial charge in [0.2, 0.25) is 0 Å². The molecule has 27 heavy (non-hydrogen) atoms. The predicted molar refractivity (Wildman–Crippen MR) is 105 cm³/mol. The van der Waals surface area contributed by atoms with Crippen molar-refractivity contribution in [1.82, 2.24) is 14.7 Å². The Bertz CT molecular complexity index is 968. The van der Waals surface area contributed by atoms with Gasteiger partial charge in [-0.1, -0.05) is 30.3 Å². The first-order valence-corrected chi connectivity index (χ1v) is 9.12. The van der Waals surface area contributed by atoms with E-state index in [1.807, 2.05) is 74.4 Å². The minimum atomic E-state index is -0.00190. The number of para-hydroxylation sites is 1. The van der Waals surface area contributed by atoms with Crippen molar-refractivity contribution < 1.29 is 9.53 Å². The van der Waals surface area contributed by atoms with Gasteiger partial charge in [0.15, 0.2) is 0 Å². The lowest BCUT2D eigenvalue weighted by molar-refractivity contribution is 0.0730. The smallest absolute Gasteiger partial charge is 0.253 e. The van der Waals surface area contributed by atoms with Crippen molar-refractivity contribution in [3.63, 3.8) is 0 Å². The van der Waals surface area contributed by atoms with Gasteiger partial charge in [0.25, 0.3) is 5.91 Å². The normalized spacial score (nSPS) is 15.3. The molecule has 0 radical (unpaired) electrons. The summed E-state index contributed by atoms with van der Waals surface area (Å²) in [5.74, 6) is 0.926. The molecule has 2 heterocycles. The van der Waals surface area contributed by atoms with Crippen molar-refractivity contribution in [2.45, 2.75) is 19.4 Å². The number of nitrogens with zero attached hydrogens (tertiary/aromatic N) is 3. The average molecular weight is 361 g/mol. The van der Waals surface area contributed by atoms with E-state index in [1.54, 1.807) is 4.90 Å². The van der Waals surface area contributed by atoms with E-state index in [-0.39, 0.29) is 12.0 Å². The highest BCUT2D eigenvalue weighted by Crippen LogP contribution is 2.29. The van der Waals surface area contributed by atoms with Gasteiger partial charge in [-0.2, -0.15) is 5.10 Å². The summed E-state index contributed by atoms with van der Waals surface area (Å²) >= 11 is 0. The molecule has 0 saturated heterocycles. The maximum atomic E-state index is 12.9. The van der Waals surface area contributed by atoms with E-state index in [4.69, 9.17) is 4.74 Å². The van der Waals surface area contributed by atoms with Crippen LogP contribution in [0.1, 0.15) is 21.6 Å². The summed E-state index contributed by atoms with van der Waals surface area (Å²) in [6.45, 7) is 2.59. The Morgan fingerprint density at radius 3 is 2.81 bits per heavy atom. The van der Waals surface area contributed by atoms with E-state index in [0.29, 0.717) is 12.1 Å². The second-order valence-corrected chi connectivity index (χ2v) is 7.09. The molecule has 0 fully saturated rings. The van der Waals surface area contributed by atoms with E-state index in [9.17, 15) is 4.79 Å². The monoisotopic (exact) mass is 361 g/mol. The van der Waals surface area contributed by atoms with Crippen molar-refractivity contribution in [1.29, 1.82) is 0 Å². The fourth-order valence-corrected chi connectivity index (χ4v) is 3.57. The first-order chi connectivity index (χ1) is 13.0. The molecule has 0 aliphatic carbocycles. The number of benzene rings is 2. The molecule has 1 aliphatic heterocycles. The molecule has 0 spiro atoms. The third-order valence-corrected chi connectivity index (χ3v) is 5.19. The molecule has 0 N–H and O–H groups in total. The molecular formula is C22H23N3O2. The Balaban J connectivity index is 1.48. The topological polar surface area (TPSA) is 47.4 Å². The lowest BCUT2D eigenvalue weighted by Gasteiger charge is -2.21. The SMILES string of the molecule is Cc1c(-c2cccc(C(=O)N(C)C[C@H]3Cc4ccccc4O3)c2)cnn1C. The quantitative estimate of drug-likeness (QED) is 0.715. The van der Waals surface area contributed by atoms with Gasteiger partial charge in [0.05, 0.1) is 12.7 Å². The Morgan fingerprint density at radius 1 is 1.26 bits per heavy atom. The summed E-state index contributed by atoms with van der Waals surface area (Å²) in [6, 6.07) is 15.8. The highest BCUT2D eigenvalue weighted by Gasteiger charge is 2.25. The Hall–Kier alpha value is -3.08. The summed E-state index contributed by atoms with van der Waals surface area (Å²) in [7, 11) is 3.75. The van der Waals surface area contributed by atoms with Crippen molar-refractivity contribution in [3.05, 3.63) is 71.5 Å². The van der Waals surface area contributed by atoms with Crippen LogP contribution in [0.4, 0.5) is 0 Å². The molecule has 4 rings (SSSR count). The number of hydrogen-bond acceptors (Lipinski definition) is 3. The van der Waals surface area contributed by atoms with Crippen LogP contribution in [0.25, 0.3) is 11.1 Å². The number of aryl methyl sites for hydroxylation is 1. The number of aromatic nitrogens is 2. The number of amides is 1. The van der Waals surface area contributed by atoms with Crippen LogP contribution < -0.4 is 4.74 Å². The van der Waals surface area contributed by atoms with Gasteiger partial charge < -0.3 is 9.64 Å². The van der Waals surface area contributed by atoms with Gasteiger partial charge in [-0.05, 0) is 36.2 Å². The standard InChI is InChI=1S/C22H23N3O2/c1-15-20(13-23-25(15)3)16-8-6-9-18(11-16)22(26)24(2)14-19-12-17-7-4-5-10-21(17)27-19/h4-11,13,19H,12,14H2,1-3H3/t19-/m1/s1. The van der Waals surface area contributed by atoms with E-state index in [1.165, 1.54) is 5.56 Å². The zero-order valence-electron chi connectivity index (χ0n) is 15.8. The first-order valence-electron chi connectivity index (χ1n) is 9.12. The van der Waals surface area contributed by atoms with Gasteiger partial charge in [0, 0.05) is 37.3 Å². The summed E-state index contributed by atoms with van der Waals surface area (Å²) in [6.07, 6.45) is 2.68. The van der Waals surface area contributed by atoms with E-state index in [0.717, 1.165) is 29.0 Å². The summed E-state index contributed by atoms with van der Waals surface area (Å²) in [5.41, 5.74) is 5.00. The Labute approximate surface area is 159 Å². The van der Waals surface area contributed by atoms with Crippen molar-refractivity contribution in [2.24, 2.45) is 7.05 Å². The molecule has 3 aromatic rings. The first kappa shape index (κ1) is 17.3. The molecule has 1 aliphatic rings. The fraction of sp³-hybridized carbons (Fsp3) is 0.273. The molecule has 2 aromatic carbocycles. The number of carbonyl (C=O) groups excluding carboxylic acids is 1. The summed E-state index contributed by atoms with van der Waals surface area (Å²) in [5, 5.41) is 4.30.